The molecule has 27 heavy (non-hydrogen) atoms. The minimum atomic E-state index is 0.00194. The van der Waals surface area contributed by atoms with Crippen molar-refractivity contribution in [2.24, 2.45) is 5.92 Å². The lowest BCUT2D eigenvalue weighted by molar-refractivity contribution is -0.121. The van der Waals surface area contributed by atoms with Crippen LogP contribution in [-0.4, -0.2) is 34.1 Å². The first kappa shape index (κ1) is 17.5. The topological polar surface area (TPSA) is 74.2 Å². The van der Waals surface area contributed by atoms with Crippen LogP contribution in [0.5, 0.6) is 0 Å². The normalized spacial score (nSPS) is 17.7. The third-order valence-corrected chi connectivity index (χ3v) is 5.02. The fourth-order valence-corrected chi connectivity index (χ4v) is 3.60. The zero-order valence-corrected chi connectivity index (χ0v) is 15.4. The third-order valence-electron chi connectivity index (χ3n) is 5.02. The fraction of sp³-hybridized carbons (Fsp3) is 0.333. The molecule has 0 aliphatic carbocycles. The molecule has 2 N–H and O–H groups in total. The Hall–Kier alpha value is -2.86. The molecule has 140 valence electrons. The van der Waals surface area contributed by atoms with Gasteiger partial charge in [-0.1, -0.05) is 12.1 Å². The average Bonchev–Trinajstić information content (AvgIpc) is 3.35. The van der Waals surface area contributed by atoms with Crippen LogP contribution in [0.2, 0.25) is 0 Å². The lowest BCUT2D eigenvalue weighted by Crippen LogP contribution is -2.40. The molecule has 1 atom stereocenters. The zero-order valence-electron chi connectivity index (χ0n) is 15.4. The van der Waals surface area contributed by atoms with Crippen LogP contribution in [0.25, 0.3) is 11.3 Å². The monoisotopic (exact) mass is 364 g/mol. The summed E-state index contributed by atoms with van der Waals surface area (Å²) in [4.78, 5) is 15.0. The molecule has 1 aromatic carbocycles. The molecule has 6 nitrogen and oxygen atoms in total. The molecule has 4 rings (SSSR count). The van der Waals surface area contributed by atoms with E-state index in [1.807, 2.05) is 49.4 Å². The molecule has 1 aliphatic rings. The van der Waals surface area contributed by atoms with Crippen molar-refractivity contribution in [2.75, 3.05) is 18.4 Å². The second-order valence-corrected chi connectivity index (χ2v) is 7.12. The van der Waals surface area contributed by atoms with Crippen molar-refractivity contribution in [1.82, 2.24) is 15.1 Å². The lowest BCUT2D eigenvalue weighted by Gasteiger charge is -2.31. The van der Waals surface area contributed by atoms with E-state index in [2.05, 4.69) is 20.4 Å². The fourth-order valence-electron chi connectivity index (χ4n) is 3.60. The maximum atomic E-state index is 12.7. The van der Waals surface area contributed by atoms with Crippen LogP contribution in [0.1, 0.15) is 24.4 Å². The number of H-pyrrole nitrogens is 1. The molecule has 0 saturated carbocycles. The smallest absolute Gasteiger partial charge is 0.228 e. The van der Waals surface area contributed by atoms with E-state index in [1.165, 1.54) is 0 Å². The van der Waals surface area contributed by atoms with Crippen LogP contribution < -0.4 is 5.32 Å². The van der Waals surface area contributed by atoms with E-state index in [0.29, 0.717) is 0 Å². The van der Waals surface area contributed by atoms with Crippen LogP contribution in [0.4, 0.5) is 5.69 Å². The Morgan fingerprint density at radius 1 is 1.26 bits per heavy atom. The standard InChI is InChI=1S/C21H24N4O2/c1-15-4-9-19(27-15)14-25-12-2-3-17(13-25)21(26)23-18-7-5-16(6-8-18)20-10-11-22-24-20/h4-11,17H,2-3,12-14H2,1H3,(H,22,24)(H,23,26)/t17-/m1/s1. The molecule has 6 heteroatoms. The summed E-state index contributed by atoms with van der Waals surface area (Å²) in [7, 11) is 0. The Bertz CT molecular complexity index is 883. The number of furan rings is 1. The number of likely N-dealkylation sites (tertiary alicyclic amines) is 1. The Morgan fingerprint density at radius 3 is 2.81 bits per heavy atom. The molecule has 1 amide bonds. The number of nitrogens with one attached hydrogen (secondary N) is 2. The van der Waals surface area contributed by atoms with E-state index in [-0.39, 0.29) is 11.8 Å². The third kappa shape index (κ3) is 4.28. The number of carbonyl (C=O) groups excluding carboxylic acids is 1. The van der Waals surface area contributed by atoms with Crippen molar-refractivity contribution >= 4 is 11.6 Å². The number of carbonyl (C=O) groups is 1. The summed E-state index contributed by atoms with van der Waals surface area (Å²) in [5.74, 6) is 1.98. The highest BCUT2D eigenvalue weighted by Gasteiger charge is 2.26. The van der Waals surface area contributed by atoms with Crippen LogP contribution >= 0.6 is 0 Å². The van der Waals surface area contributed by atoms with Gasteiger partial charge in [-0.15, -0.1) is 0 Å². The molecule has 1 fully saturated rings. The molecule has 1 aliphatic heterocycles. The van der Waals surface area contributed by atoms with Crippen molar-refractivity contribution in [3.63, 3.8) is 0 Å². The number of amides is 1. The Labute approximate surface area is 158 Å². The van der Waals surface area contributed by atoms with Crippen molar-refractivity contribution < 1.29 is 9.21 Å². The predicted octanol–water partition coefficient (Wildman–Crippen LogP) is 3.83. The maximum absolute atomic E-state index is 12.7. The summed E-state index contributed by atoms with van der Waals surface area (Å²) in [6, 6.07) is 13.7. The van der Waals surface area contributed by atoms with E-state index < -0.39 is 0 Å². The molecular formula is C21H24N4O2. The summed E-state index contributed by atoms with van der Waals surface area (Å²) >= 11 is 0. The van der Waals surface area contributed by atoms with E-state index in [0.717, 1.165) is 60.9 Å². The first-order chi connectivity index (χ1) is 13.2. The van der Waals surface area contributed by atoms with Crippen molar-refractivity contribution in [2.45, 2.75) is 26.3 Å². The average molecular weight is 364 g/mol. The van der Waals surface area contributed by atoms with Crippen LogP contribution in [0, 0.1) is 12.8 Å². The van der Waals surface area contributed by atoms with Crippen LogP contribution in [-0.2, 0) is 11.3 Å². The summed E-state index contributed by atoms with van der Waals surface area (Å²) in [5.41, 5.74) is 2.83. The molecular weight excluding hydrogens is 340 g/mol. The molecule has 1 saturated heterocycles. The van der Waals surface area contributed by atoms with Gasteiger partial charge in [0.15, 0.2) is 0 Å². The van der Waals surface area contributed by atoms with Gasteiger partial charge in [0.1, 0.15) is 11.5 Å². The number of hydrogen-bond acceptors (Lipinski definition) is 4. The SMILES string of the molecule is Cc1ccc(CN2CCC[C@@H](C(=O)Nc3ccc(-c4ccn[nH]4)cc3)C2)o1. The minimum absolute atomic E-state index is 0.00194. The van der Waals surface area contributed by atoms with E-state index in [9.17, 15) is 4.79 Å². The molecule has 3 heterocycles. The number of aryl methyl sites for hydroxylation is 1. The summed E-state index contributed by atoms with van der Waals surface area (Å²) in [5, 5.41) is 9.96. The molecule has 0 spiro atoms. The maximum Gasteiger partial charge on any atom is 0.228 e. The van der Waals surface area contributed by atoms with Gasteiger partial charge in [-0.05, 0) is 62.2 Å². The van der Waals surface area contributed by atoms with Crippen molar-refractivity contribution in [1.29, 1.82) is 0 Å². The Morgan fingerprint density at radius 2 is 2.11 bits per heavy atom. The minimum Gasteiger partial charge on any atom is -0.465 e. The van der Waals surface area contributed by atoms with Crippen molar-refractivity contribution in [3.8, 4) is 11.3 Å². The second kappa shape index (κ2) is 7.80. The number of anilines is 1. The van der Waals surface area contributed by atoms with Gasteiger partial charge in [0.25, 0.3) is 0 Å². The first-order valence-corrected chi connectivity index (χ1v) is 9.36. The van der Waals surface area contributed by atoms with Gasteiger partial charge < -0.3 is 9.73 Å². The van der Waals surface area contributed by atoms with Gasteiger partial charge in [0.05, 0.1) is 18.2 Å². The number of nitrogens with zero attached hydrogens (tertiary/aromatic N) is 2. The lowest BCUT2D eigenvalue weighted by atomic mass is 9.97. The van der Waals surface area contributed by atoms with Gasteiger partial charge in [0.2, 0.25) is 5.91 Å². The van der Waals surface area contributed by atoms with Gasteiger partial charge in [-0.25, -0.2) is 0 Å². The van der Waals surface area contributed by atoms with E-state index in [4.69, 9.17) is 4.42 Å². The van der Waals surface area contributed by atoms with E-state index in [1.54, 1.807) is 6.20 Å². The van der Waals surface area contributed by atoms with Gasteiger partial charge >= 0.3 is 0 Å². The summed E-state index contributed by atoms with van der Waals surface area (Å²) < 4.78 is 5.67. The summed E-state index contributed by atoms with van der Waals surface area (Å²) in [6.07, 6.45) is 3.67. The highest BCUT2D eigenvalue weighted by molar-refractivity contribution is 5.93. The van der Waals surface area contributed by atoms with Gasteiger partial charge in [0, 0.05) is 18.4 Å². The molecule has 3 aromatic rings. The number of aromatic nitrogens is 2. The van der Waals surface area contributed by atoms with Gasteiger partial charge in [-0.2, -0.15) is 5.10 Å². The predicted molar refractivity (Wildman–Crippen MR) is 104 cm³/mol. The molecule has 0 bridgehead atoms. The number of hydrogen-bond donors (Lipinski definition) is 2. The number of rotatable bonds is 5. The molecule has 2 aromatic heterocycles. The Balaban J connectivity index is 1.34. The quantitative estimate of drug-likeness (QED) is 0.722. The first-order valence-electron chi connectivity index (χ1n) is 9.36. The number of piperidine rings is 1. The largest absolute Gasteiger partial charge is 0.465 e. The Kier molecular flexibility index (Phi) is 5.07. The van der Waals surface area contributed by atoms with Crippen LogP contribution in [0.15, 0.2) is 53.1 Å². The van der Waals surface area contributed by atoms with E-state index >= 15 is 0 Å². The number of benzene rings is 1. The van der Waals surface area contributed by atoms with Crippen molar-refractivity contribution in [3.05, 3.63) is 60.2 Å². The second-order valence-electron chi connectivity index (χ2n) is 7.12. The highest BCUT2D eigenvalue weighted by Crippen LogP contribution is 2.23. The van der Waals surface area contributed by atoms with Crippen LogP contribution in [0.3, 0.4) is 0 Å². The summed E-state index contributed by atoms with van der Waals surface area (Å²) in [6.45, 7) is 4.48. The van der Waals surface area contributed by atoms with Gasteiger partial charge in [-0.3, -0.25) is 14.8 Å². The number of aromatic amines is 1. The zero-order chi connectivity index (χ0) is 18.6. The molecule has 0 radical (unpaired) electrons. The molecule has 0 unspecified atom stereocenters. The highest BCUT2D eigenvalue weighted by atomic mass is 16.3.